The molecule has 1 rings (SSSR count). The van der Waals surface area contributed by atoms with Crippen molar-refractivity contribution in [3.05, 3.63) is 24.3 Å². The number of alkyl halides is 1. The maximum Gasteiger partial charge on any atom is 0.115 e. The Morgan fingerprint density at radius 2 is 2.23 bits per heavy atom. The second-order valence-corrected chi connectivity index (χ2v) is 3.52. The first kappa shape index (κ1) is 10.4. The Labute approximate surface area is 87.2 Å². The van der Waals surface area contributed by atoms with Crippen molar-refractivity contribution < 1.29 is 0 Å². The minimum atomic E-state index is 0.267. The lowest BCUT2D eigenvalue weighted by Gasteiger charge is -2.01. The Kier molecular flexibility index (Phi) is 4.12. The summed E-state index contributed by atoms with van der Waals surface area (Å²) < 4.78 is 0. The van der Waals surface area contributed by atoms with Gasteiger partial charge in [-0.1, -0.05) is 12.1 Å². The van der Waals surface area contributed by atoms with Crippen molar-refractivity contribution in [2.75, 3.05) is 12.1 Å². The van der Waals surface area contributed by atoms with Gasteiger partial charge in [0, 0.05) is 4.90 Å². The smallest absolute Gasteiger partial charge is 0.115 e. The van der Waals surface area contributed by atoms with Crippen LogP contribution in [-0.4, -0.2) is 18.0 Å². The molecule has 0 aliphatic heterocycles. The highest BCUT2D eigenvalue weighted by molar-refractivity contribution is 7.98. The van der Waals surface area contributed by atoms with Gasteiger partial charge in [0.25, 0.3) is 0 Å². The number of amidine groups is 1. The molecule has 0 aliphatic rings. The number of aliphatic imine (C=N–C) groups is 1. The van der Waals surface area contributed by atoms with E-state index in [2.05, 4.69) is 4.99 Å². The Hall–Kier alpha value is -0.670. The molecule has 0 aromatic heterocycles. The molecule has 0 spiro atoms. The van der Waals surface area contributed by atoms with E-state index in [1.54, 1.807) is 11.8 Å². The van der Waals surface area contributed by atoms with Crippen LogP contribution in [0.25, 0.3) is 0 Å². The summed E-state index contributed by atoms with van der Waals surface area (Å²) in [5.74, 6) is 0.714. The largest absolute Gasteiger partial charge is 0.386 e. The molecule has 0 fully saturated rings. The Morgan fingerprint density at radius 3 is 2.85 bits per heavy atom. The van der Waals surface area contributed by atoms with Crippen LogP contribution in [0.4, 0.5) is 5.69 Å². The predicted molar refractivity (Wildman–Crippen MR) is 60.2 cm³/mol. The van der Waals surface area contributed by atoms with Crippen LogP contribution < -0.4 is 5.73 Å². The van der Waals surface area contributed by atoms with E-state index in [0.29, 0.717) is 5.84 Å². The van der Waals surface area contributed by atoms with Crippen molar-refractivity contribution >= 4 is 34.9 Å². The van der Waals surface area contributed by atoms with Crippen molar-refractivity contribution in [3.8, 4) is 0 Å². The lowest BCUT2D eigenvalue weighted by atomic mass is 10.3. The lowest BCUT2D eigenvalue weighted by molar-refractivity contribution is 1.35. The van der Waals surface area contributed by atoms with Crippen LogP contribution in [0, 0.1) is 0 Å². The third-order valence-electron chi connectivity index (χ3n) is 1.49. The zero-order valence-corrected chi connectivity index (χ0v) is 8.90. The first-order valence-corrected chi connectivity index (χ1v) is 5.56. The molecule has 1 aromatic carbocycles. The third-order valence-corrected chi connectivity index (χ3v) is 2.55. The SMILES string of the molecule is CSc1ccccc1N=C(N)CCl. The highest BCUT2D eigenvalue weighted by Gasteiger charge is 1.98. The van der Waals surface area contributed by atoms with Gasteiger partial charge in [0.2, 0.25) is 0 Å². The molecule has 0 saturated carbocycles. The standard InChI is InChI=1S/C9H11ClN2S/c1-13-8-5-3-2-4-7(8)12-9(11)6-10/h2-5H,6H2,1H3,(H2,11,12). The monoisotopic (exact) mass is 214 g/mol. The van der Waals surface area contributed by atoms with E-state index in [0.717, 1.165) is 10.6 Å². The fourth-order valence-electron chi connectivity index (χ4n) is 0.907. The quantitative estimate of drug-likeness (QED) is 0.364. The van der Waals surface area contributed by atoms with Crippen LogP contribution in [-0.2, 0) is 0 Å². The maximum absolute atomic E-state index is 5.54. The molecular weight excluding hydrogens is 204 g/mol. The summed E-state index contributed by atoms with van der Waals surface area (Å²) in [7, 11) is 0. The van der Waals surface area contributed by atoms with Crippen LogP contribution >= 0.6 is 23.4 Å². The fourth-order valence-corrected chi connectivity index (χ4v) is 1.50. The second-order valence-electron chi connectivity index (χ2n) is 2.41. The van der Waals surface area contributed by atoms with Gasteiger partial charge in [-0.25, -0.2) is 4.99 Å². The molecule has 0 atom stereocenters. The van der Waals surface area contributed by atoms with Crippen LogP contribution in [0.2, 0.25) is 0 Å². The summed E-state index contributed by atoms with van der Waals surface area (Å²) in [6.07, 6.45) is 2.01. The molecule has 2 nitrogen and oxygen atoms in total. The molecule has 0 unspecified atom stereocenters. The van der Waals surface area contributed by atoms with Gasteiger partial charge in [0.15, 0.2) is 0 Å². The van der Waals surface area contributed by atoms with E-state index in [4.69, 9.17) is 17.3 Å². The van der Waals surface area contributed by atoms with E-state index in [1.165, 1.54) is 0 Å². The Balaban J connectivity index is 2.99. The minimum absolute atomic E-state index is 0.267. The summed E-state index contributed by atoms with van der Waals surface area (Å²) in [6, 6.07) is 7.83. The van der Waals surface area contributed by atoms with Gasteiger partial charge in [-0.05, 0) is 18.4 Å². The molecule has 4 heteroatoms. The van der Waals surface area contributed by atoms with Gasteiger partial charge in [-0.15, -0.1) is 23.4 Å². The van der Waals surface area contributed by atoms with Crippen molar-refractivity contribution in [1.82, 2.24) is 0 Å². The summed E-state index contributed by atoms with van der Waals surface area (Å²) in [5.41, 5.74) is 6.42. The molecule has 70 valence electrons. The Bertz CT molecular complexity index is 312. The van der Waals surface area contributed by atoms with Crippen molar-refractivity contribution in [3.63, 3.8) is 0 Å². The molecule has 0 saturated heterocycles. The van der Waals surface area contributed by atoms with Gasteiger partial charge in [0.1, 0.15) is 5.84 Å². The van der Waals surface area contributed by atoms with Crippen LogP contribution in [0.3, 0.4) is 0 Å². The highest BCUT2D eigenvalue weighted by atomic mass is 35.5. The maximum atomic E-state index is 5.54. The van der Waals surface area contributed by atoms with Crippen LogP contribution in [0.5, 0.6) is 0 Å². The summed E-state index contributed by atoms with van der Waals surface area (Å²) in [6.45, 7) is 0. The van der Waals surface area contributed by atoms with Crippen molar-refractivity contribution in [1.29, 1.82) is 0 Å². The third kappa shape index (κ3) is 2.94. The second kappa shape index (κ2) is 5.14. The topological polar surface area (TPSA) is 38.4 Å². The summed E-state index contributed by atoms with van der Waals surface area (Å²) >= 11 is 7.18. The predicted octanol–water partition coefficient (Wildman–Crippen LogP) is 2.64. The number of halogens is 1. The number of rotatable bonds is 3. The number of benzene rings is 1. The average Bonchev–Trinajstić information content (AvgIpc) is 2.18. The number of thioether (sulfide) groups is 1. The van der Waals surface area contributed by atoms with Gasteiger partial charge in [-0.2, -0.15) is 0 Å². The molecule has 0 bridgehead atoms. The zero-order chi connectivity index (χ0) is 9.68. The molecule has 13 heavy (non-hydrogen) atoms. The Morgan fingerprint density at radius 1 is 1.54 bits per heavy atom. The van der Waals surface area contributed by atoms with Gasteiger partial charge in [-0.3, -0.25) is 0 Å². The van der Waals surface area contributed by atoms with Gasteiger partial charge in [0.05, 0.1) is 11.6 Å². The normalized spacial score (nSPS) is 11.7. The zero-order valence-electron chi connectivity index (χ0n) is 7.33. The number of hydrogen-bond acceptors (Lipinski definition) is 2. The van der Waals surface area contributed by atoms with Crippen LogP contribution in [0.1, 0.15) is 0 Å². The van der Waals surface area contributed by atoms with Crippen molar-refractivity contribution in [2.45, 2.75) is 4.90 Å². The molecule has 1 aromatic rings. The summed E-state index contributed by atoms with van der Waals surface area (Å²) in [4.78, 5) is 5.30. The molecule has 0 amide bonds. The molecule has 0 heterocycles. The number of nitrogens with zero attached hydrogens (tertiary/aromatic N) is 1. The lowest BCUT2D eigenvalue weighted by Crippen LogP contribution is -2.12. The number of hydrogen-bond donors (Lipinski definition) is 1. The van der Waals surface area contributed by atoms with E-state index in [9.17, 15) is 0 Å². The summed E-state index contributed by atoms with van der Waals surface area (Å²) in [5, 5.41) is 0. The van der Waals surface area contributed by atoms with E-state index in [-0.39, 0.29) is 5.88 Å². The first-order valence-electron chi connectivity index (χ1n) is 3.80. The van der Waals surface area contributed by atoms with Gasteiger partial charge < -0.3 is 5.73 Å². The molecule has 0 radical (unpaired) electrons. The van der Waals surface area contributed by atoms with E-state index in [1.807, 2.05) is 30.5 Å². The fraction of sp³-hybridized carbons (Fsp3) is 0.222. The van der Waals surface area contributed by atoms with Crippen molar-refractivity contribution in [2.24, 2.45) is 10.7 Å². The number of para-hydroxylation sites is 1. The first-order chi connectivity index (χ1) is 6.27. The van der Waals surface area contributed by atoms with Gasteiger partial charge >= 0.3 is 0 Å². The molecular formula is C9H11ClN2S. The molecule has 0 aliphatic carbocycles. The highest BCUT2D eigenvalue weighted by Crippen LogP contribution is 2.27. The van der Waals surface area contributed by atoms with Crippen LogP contribution in [0.15, 0.2) is 34.2 Å². The average molecular weight is 215 g/mol. The minimum Gasteiger partial charge on any atom is -0.386 e. The van der Waals surface area contributed by atoms with E-state index < -0.39 is 0 Å². The van der Waals surface area contributed by atoms with E-state index >= 15 is 0 Å². The number of nitrogens with two attached hydrogens (primary N) is 1. The molecule has 2 N–H and O–H groups in total.